The fourth-order valence-electron chi connectivity index (χ4n) is 1.14. The molecular weight excluding hydrogens is 352 g/mol. The number of benzene rings is 1. The van der Waals surface area contributed by atoms with Gasteiger partial charge in [-0.15, -0.1) is 12.4 Å². The first-order chi connectivity index (χ1) is 6.56. The molecule has 0 radical (unpaired) electrons. The number of alkyl halides is 1. The lowest BCUT2D eigenvalue weighted by Gasteiger charge is -2.13. The molecule has 0 spiro atoms. The van der Waals surface area contributed by atoms with Crippen molar-refractivity contribution in [1.82, 2.24) is 0 Å². The summed E-state index contributed by atoms with van der Waals surface area (Å²) in [6.45, 7) is -0.495. The van der Waals surface area contributed by atoms with Gasteiger partial charge in [-0.2, -0.15) is 0 Å². The smallest absolute Gasteiger partial charge is 0.134 e. The van der Waals surface area contributed by atoms with E-state index < -0.39 is 12.7 Å². The highest BCUT2D eigenvalue weighted by Gasteiger charge is 2.14. The fourth-order valence-corrected chi connectivity index (χ4v) is 2.40. The highest BCUT2D eigenvalue weighted by Crippen LogP contribution is 2.35. The van der Waals surface area contributed by atoms with Gasteiger partial charge in [0, 0.05) is 16.1 Å². The highest BCUT2D eigenvalue weighted by molar-refractivity contribution is 9.11. The summed E-state index contributed by atoms with van der Waals surface area (Å²) in [7, 11) is 0. The zero-order valence-corrected chi connectivity index (χ0v) is 11.7. The Morgan fingerprint density at radius 3 is 2.53 bits per heavy atom. The molecule has 0 saturated heterocycles. The average Bonchev–Trinajstić information content (AvgIpc) is 2.11. The maximum atomic E-state index is 12.1. The van der Waals surface area contributed by atoms with E-state index in [1.165, 1.54) is 0 Å². The van der Waals surface area contributed by atoms with Crippen molar-refractivity contribution in [3.63, 3.8) is 0 Å². The second-order valence-electron chi connectivity index (χ2n) is 2.91. The standard InChI is InChI=1S/C9H10Br2FNO.ClH/c10-5-3-6(8(13)1-2-12)9(14)7(11)4-5;/h3-4,8,14H,1-2,13H2;1H/t8-;/m0./s1. The Labute approximate surface area is 111 Å². The van der Waals surface area contributed by atoms with Crippen LogP contribution >= 0.6 is 44.3 Å². The lowest BCUT2D eigenvalue weighted by molar-refractivity contribution is 0.423. The summed E-state index contributed by atoms with van der Waals surface area (Å²) in [5.41, 5.74) is 6.25. The third-order valence-electron chi connectivity index (χ3n) is 1.88. The normalized spacial score (nSPS) is 12.0. The summed E-state index contributed by atoms with van der Waals surface area (Å²) >= 11 is 6.46. The van der Waals surface area contributed by atoms with E-state index in [0.717, 1.165) is 4.47 Å². The van der Waals surface area contributed by atoms with Crippen LogP contribution in [0.4, 0.5) is 4.39 Å². The Bertz CT molecular complexity index is 338. The lowest BCUT2D eigenvalue weighted by Crippen LogP contribution is -2.11. The summed E-state index contributed by atoms with van der Waals surface area (Å²) in [5, 5.41) is 9.65. The molecular formula is C9H11Br2ClFNO. The van der Waals surface area contributed by atoms with Gasteiger partial charge in [-0.05, 0) is 34.5 Å². The van der Waals surface area contributed by atoms with Gasteiger partial charge < -0.3 is 10.8 Å². The number of nitrogens with two attached hydrogens (primary N) is 1. The topological polar surface area (TPSA) is 46.2 Å². The molecule has 15 heavy (non-hydrogen) atoms. The Morgan fingerprint density at radius 2 is 2.00 bits per heavy atom. The van der Waals surface area contributed by atoms with Gasteiger partial charge >= 0.3 is 0 Å². The molecule has 1 atom stereocenters. The summed E-state index contributed by atoms with van der Waals surface area (Å²) in [5.74, 6) is 0.0779. The minimum absolute atomic E-state index is 0. The molecule has 1 rings (SSSR count). The van der Waals surface area contributed by atoms with Crippen LogP contribution < -0.4 is 5.73 Å². The first-order valence-corrected chi connectivity index (χ1v) is 5.64. The molecule has 0 aliphatic carbocycles. The number of phenols is 1. The van der Waals surface area contributed by atoms with E-state index >= 15 is 0 Å². The predicted molar refractivity (Wildman–Crippen MR) is 68.3 cm³/mol. The van der Waals surface area contributed by atoms with Gasteiger partial charge in [0.25, 0.3) is 0 Å². The number of phenolic OH excluding ortho intramolecular Hbond substituents is 1. The molecule has 0 bridgehead atoms. The third-order valence-corrected chi connectivity index (χ3v) is 2.94. The molecule has 0 amide bonds. The molecule has 0 heterocycles. The van der Waals surface area contributed by atoms with Crippen LogP contribution in [0.1, 0.15) is 18.0 Å². The zero-order valence-electron chi connectivity index (χ0n) is 7.71. The van der Waals surface area contributed by atoms with Gasteiger partial charge in [-0.25, -0.2) is 0 Å². The van der Waals surface area contributed by atoms with Crippen LogP contribution in [-0.2, 0) is 0 Å². The minimum atomic E-state index is -0.495. The quantitative estimate of drug-likeness (QED) is 0.860. The monoisotopic (exact) mass is 361 g/mol. The van der Waals surface area contributed by atoms with Crippen LogP contribution in [0, 0.1) is 0 Å². The van der Waals surface area contributed by atoms with Gasteiger partial charge in [-0.1, -0.05) is 15.9 Å². The van der Waals surface area contributed by atoms with Gasteiger partial charge in [-0.3, -0.25) is 4.39 Å². The van der Waals surface area contributed by atoms with Crippen molar-refractivity contribution in [1.29, 1.82) is 0 Å². The summed E-state index contributed by atoms with van der Waals surface area (Å²) in [6, 6.07) is 2.93. The first-order valence-electron chi connectivity index (χ1n) is 4.05. The van der Waals surface area contributed by atoms with Crippen molar-refractivity contribution in [3.8, 4) is 5.75 Å². The van der Waals surface area contributed by atoms with Gasteiger partial charge in [0.2, 0.25) is 0 Å². The molecule has 2 nitrogen and oxygen atoms in total. The molecule has 86 valence electrons. The second kappa shape index (κ2) is 6.68. The molecule has 0 fully saturated rings. The van der Waals surface area contributed by atoms with Crippen LogP contribution in [-0.4, -0.2) is 11.8 Å². The molecule has 0 aromatic heterocycles. The average molecular weight is 363 g/mol. The number of hydrogen-bond acceptors (Lipinski definition) is 2. The van der Waals surface area contributed by atoms with Crippen molar-refractivity contribution >= 4 is 44.3 Å². The van der Waals surface area contributed by atoms with E-state index in [0.29, 0.717) is 10.0 Å². The lowest BCUT2D eigenvalue weighted by atomic mass is 10.0. The van der Waals surface area contributed by atoms with E-state index in [-0.39, 0.29) is 24.6 Å². The SMILES string of the molecule is Cl.N[C@@H](CCF)c1cc(Br)cc(Br)c1O. The molecule has 0 unspecified atom stereocenters. The summed E-state index contributed by atoms with van der Waals surface area (Å²) < 4.78 is 13.4. The first kappa shape index (κ1) is 15.2. The largest absolute Gasteiger partial charge is 0.506 e. The number of rotatable bonds is 3. The third kappa shape index (κ3) is 3.90. The predicted octanol–water partition coefficient (Wildman–Crippen LogP) is 3.70. The number of hydrogen-bond donors (Lipinski definition) is 2. The van der Waals surface area contributed by atoms with Crippen LogP contribution in [0.2, 0.25) is 0 Å². The van der Waals surface area contributed by atoms with Crippen LogP contribution in [0.3, 0.4) is 0 Å². The molecule has 3 N–H and O–H groups in total. The highest BCUT2D eigenvalue weighted by atomic mass is 79.9. The molecule has 0 saturated carbocycles. The van der Waals surface area contributed by atoms with Gasteiger partial charge in [0.05, 0.1) is 11.1 Å². The summed E-state index contributed by atoms with van der Waals surface area (Å²) in [6.07, 6.45) is 0.205. The van der Waals surface area contributed by atoms with Crippen molar-refractivity contribution < 1.29 is 9.50 Å². The van der Waals surface area contributed by atoms with Crippen LogP contribution in [0.25, 0.3) is 0 Å². The Hall–Kier alpha value is 0.160. The van der Waals surface area contributed by atoms with Crippen molar-refractivity contribution in [2.75, 3.05) is 6.67 Å². The Kier molecular flexibility index (Phi) is 6.75. The van der Waals surface area contributed by atoms with Crippen LogP contribution in [0.5, 0.6) is 5.75 Å². The molecule has 1 aromatic rings. The number of halogens is 4. The van der Waals surface area contributed by atoms with Gasteiger partial charge in [0.15, 0.2) is 0 Å². The van der Waals surface area contributed by atoms with Crippen LogP contribution in [0.15, 0.2) is 21.1 Å². The van der Waals surface area contributed by atoms with Crippen molar-refractivity contribution in [2.45, 2.75) is 12.5 Å². The molecule has 6 heteroatoms. The molecule has 1 aromatic carbocycles. The van der Waals surface area contributed by atoms with E-state index in [4.69, 9.17) is 5.73 Å². The maximum absolute atomic E-state index is 12.1. The number of aromatic hydroxyl groups is 1. The van der Waals surface area contributed by atoms with E-state index in [1.54, 1.807) is 12.1 Å². The van der Waals surface area contributed by atoms with E-state index in [2.05, 4.69) is 31.9 Å². The van der Waals surface area contributed by atoms with E-state index in [9.17, 15) is 9.50 Å². The Balaban J connectivity index is 0.00000196. The second-order valence-corrected chi connectivity index (χ2v) is 4.68. The maximum Gasteiger partial charge on any atom is 0.134 e. The van der Waals surface area contributed by atoms with Crippen molar-refractivity contribution in [2.24, 2.45) is 5.73 Å². The minimum Gasteiger partial charge on any atom is -0.506 e. The summed E-state index contributed by atoms with van der Waals surface area (Å²) in [4.78, 5) is 0. The fraction of sp³-hybridized carbons (Fsp3) is 0.333. The molecule has 0 aliphatic rings. The molecule has 0 aliphatic heterocycles. The van der Waals surface area contributed by atoms with E-state index in [1.807, 2.05) is 0 Å². The van der Waals surface area contributed by atoms with Crippen molar-refractivity contribution in [3.05, 3.63) is 26.6 Å². The zero-order chi connectivity index (χ0) is 10.7. The van der Waals surface area contributed by atoms with Gasteiger partial charge in [0.1, 0.15) is 5.75 Å². The Morgan fingerprint density at radius 1 is 1.40 bits per heavy atom.